The molecular formula is C18H20INO4. The Labute approximate surface area is 154 Å². The van der Waals surface area contributed by atoms with Gasteiger partial charge in [-0.05, 0) is 63.5 Å². The Balaban J connectivity index is 2.25. The van der Waals surface area contributed by atoms with Crippen LogP contribution in [0.5, 0.6) is 0 Å². The van der Waals surface area contributed by atoms with Crippen molar-refractivity contribution in [2.24, 2.45) is 0 Å². The molecule has 2 rings (SSSR count). The lowest BCUT2D eigenvalue weighted by Gasteiger charge is -2.13. The van der Waals surface area contributed by atoms with E-state index in [9.17, 15) is 9.90 Å². The first-order valence-corrected chi connectivity index (χ1v) is 8.58. The van der Waals surface area contributed by atoms with Crippen molar-refractivity contribution in [2.45, 2.75) is 12.7 Å². The van der Waals surface area contributed by atoms with Gasteiger partial charge in [0.05, 0.1) is 19.3 Å². The number of aliphatic hydroxyl groups excluding tert-OH is 2. The second-order valence-electron chi connectivity index (χ2n) is 5.36. The van der Waals surface area contributed by atoms with E-state index in [0.717, 1.165) is 20.3 Å². The van der Waals surface area contributed by atoms with Gasteiger partial charge in [0.2, 0.25) is 0 Å². The Hall–Kier alpha value is -1.48. The number of nitrogens with one attached hydrogen (secondary N) is 1. The molecule has 128 valence electrons. The first-order chi connectivity index (χ1) is 11.5. The van der Waals surface area contributed by atoms with E-state index in [1.165, 1.54) is 0 Å². The van der Waals surface area contributed by atoms with Crippen LogP contribution in [0.25, 0.3) is 11.1 Å². The highest BCUT2D eigenvalue weighted by Crippen LogP contribution is 2.26. The number of benzene rings is 2. The van der Waals surface area contributed by atoms with E-state index in [1.807, 2.05) is 30.3 Å². The average Bonchev–Trinajstić information content (AvgIpc) is 2.60. The van der Waals surface area contributed by atoms with Gasteiger partial charge in [-0.15, -0.1) is 0 Å². The van der Waals surface area contributed by atoms with E-state index in [2.05, 4.69) is 27.9 Å². The average molecular weight is 441 g/mol. The van der Waals surface area contributed by atoms with Gasteiger partial charge >= 0.3 is 0 Å². The van der Waals surface area contributed by atoms with E-state index < -0.39 is 6.10 Å². The van der Waals surface area contributed by atoms with E-state index in [-0.39, 0.29) is 19.1 Å². The maximum absolute atomic E-state index is 12.2. The molecule has 0 bridgehead atoms. The van der Waals surface area contributed by atoms with Crippen LogP contribution < -0.4 is 5.32 Å². The van der Waals surface area contributed by atoms with Gasteiger partial charge in [0.25, 0.3) is 5.91 Å². The number of carbonyl (C=O) groups excluding carboxylic acids is 1. The zero-order chi connectivity index (χ0) is 17.5. The number of rotatable bonds is 7. The van der Waals surface area contributed by atoms with Crippen molar-refractivity contribution in [1.29, 1.82) is 0 Å². The highest BCUT2D eigenvalue weighted by molar-refractivity contribution is 14.1. The summed E-state index contributed by atoms with van der Waals surface area (Å²) >= 11 is 2.26. The third kappa shape index (κ3) is 5.01. The predicted octanol–water partition coefficient (Wildman–Crippen LogP) is 2.19. The summed E-state index contributed by atoms with van der Waals surface area (Å²) in [5.41, 5.74) is 3.47. The van der Waals surface area contributed by atoms with Crippen LogP contribution in [0.15, 0.2) is 42.5 Å². The summed E-state index contributed by atoms with van der Waals surface area (Å²) in [6, 6.07) is 13.6. The lowest BCUT2D eigenvalue weighted by atomic mass is 9.97. The van der Waals surface area contributed by atoms with Gasteiger partial charge in [0.1, 0.15) is 0 Å². The topological polar surface area (TPSA) is 78.8 Å². The van der Waals surface area contributed by atoms with E-state index in [0.29, 0.717) is 12.2 Å². The number of halogens is 1. The van der Waals surface area contributed by atoms with Crippen molar-refractivity contribution in [1.82, 2.24) is 5.32 Å². The maximum Gasteiger partial charge on any atom is 0.251 e. The van der Waals surface area contributed by atoms with Gasteiger partial charge in [-0.3, -0.25) is 4.79 Å². The van der Waals surface area contributed by atoms with E-state index in [4.69, 9.17) is 9.84 Å². The molecule has 2 aromatic rings. The monoisotopic (exact) mass is 441 g/mol. The van der Waals surface area contributed by atoms with Crippen LogP contribution in [0, 0.1) is 3.57 Å². The minimum Gasteiger partial charge on any atom is -0.394 e. The summed E-state index contributed by atoms with van der Waals surface area (Å²) < 4.78 is 6.41. The molecule has 1 atom stereocenters. The number of carbonyl (C=O) groups is 1. The van der Waals surface area contributed by atoms with Crippen LogP contribution >= 0.6 is 22.6 Å². The molecule has 1 amide bonds. The normalized spacial score (nSPS) is 12.0. The molecule has 5 nitrogen and oxygen atoms in total. The molecular weight excluding hydrogens is 421 g/mol. The van der Waals surface area contributed by atoms with Gasteiger partial charge < -0.3 is 20.3 Å². The number of ether oxygens (including phenoxy) is 1. The molecule has 6 heteroatoms. The molecule has 0 saturated carbocycles. The minimum absolute atomic E-state index is 0.00776. The molecule has 0 aromatic heterocycles. The number of methoxy groups -OCH3 is 1. The summed E-state index contributed by atoms with van der Waals surface area (Å²) in [4.78, 5) is 12.2. The van der Waals surface area contributed by atoms with E-state index in [1.54, 1.807) is 19.2 Å². The summed E-state index contributed by atoms with van der Waals surface area (Å²) in [7, 11) is 1.61. The third-order valence-electron chi connectivity index (χ3n) is 3.53. The van der Waals surface area contributed by atoms with Crippen molar-refractivity contribution in [3.8, 4) is 11.1 Å². The molecule has 0 aliphatic rings. The summed E-state index contributed by atoms with van der Waals surface area (Å²) in [6.07, 6.45) is -0.960. The quantitative estimate of drug-likeness (QED) is 0.576. The first-order valence-electron chi connectivity index (χ1n) is 7.50. The van der Waals surface area contributed by atoms with Crippen LogP contribution in [-0.2, 0) is 11.3 Å². The second-order valence-corrected chi connectivity index (χ2v) is 6.60. The van der Waals surface area contributed by atoms with E-state index >= 15 is 0 Å². The Bertz CT molecular complexity index is 688. The molecule has 1 unspecified atom stereocenters. The van der Waals surface area contributed by atoms with Crippen LogP contribution in [0.1, 0.15) is 15.9 Å². The molecule has 0 fully saturated rings. The molecule has 0 saturated heterocycles. The van der Waals surface area contributed by atoms with Crippen LogP contribution in [-0.4, -0.2) is 42.5 Å². The molecule has 0 radical (unpaired) electrons. The molecule has 0 spiro atoms. The first kappa shape index (κ1) is 18.9. The molecule has 24 heavy (non-hydrogen) atoms. The Kier molecular flexibility index (Phi) is 7.16. The van der Waals surface area contributed by atoms with Crippen molar-refractivity contribution in [3.05, 3.63) is 57.2 Å². The van der Waals surface area contributed by atoms with Crippen LogP contribution in [0.3, 0.4) is 0 Å². The Morgan fingerprint density at radius 1 is 1.25 bits per heavy atom. The van der Waals surface area contributed by atoms with Crippen molar-refractivity contribution >= 4 is 28.5 Å². The zero-order valence-corrected chi connectivity index (χ0v) is 15.5. The predicted molar refractivity (Wildman–Crippen MR) is 101 cm³/mol. The molecule has 3 N–H and O–H groups in total. The lowest BCUT2D eigenvalue weighted by molar-refractivity contribution is 0.0802. The largest absolute Gasteiger partial charge is 0.394 e. The van der Waals surface area contributed by atoms with Crippen LogP contribution in [0.4, 0.5) is 0 Å². The van der Waals surface area contributed by atoms with Gasteiger partial charge in [-0.2, -0.15) is 0 Å². The van der Waals surface area contributed by atoms with Gasteiger partial charge in [0.15, 0.2) is 0 Å². The van der Waals surface area contributed by atoms with Crippen molar-refractivity contribution < 1.29 is 19.7 Å². The maximum atomic E-state index is 12.2. The van der Waals surface area contributed by atoms with Crippen molar-refractivity contribution in [2.75, 3.05) is 20.3 Å². The van der Waals surface area contributed by atoms with Crippen molar-refractivity contribution in [3.63, 3.8) is 0 Å². The minimum atomic E-state index is -0.960. The number of amides is 1. The molecule has 2 aromatic carbocycles. The Morgan fingerprint density at radius 2 is 1.96 bits per heavy atom. The highest BCUT2D eigenvalue weighted by Gasteiger charge is 2.12. The Morgan fingerprint density at radius 3 is 2.58 bits per heavy atom. The standard InChI is InChI=1S/C18H20INO4/c1-24-11-14-8-13(18(23)20-9-16(22)10-21)4-7-17(14)12-2-5-15(19)6-3-12/h2-8,16,21-22H,9-11H2,1H3,(H,20,23). The summed E-state index contributed by atoms with van der Waals surface area (Å²) in [5.74, 6) is -0.297. The fourth-order valence-corrected chi connectivity index (χ4v) is 2.66. The van der Waals surface area contributed by atoms with Gasteiger partial charge in [-0.1, -0.05) is 18.2 Å². The van der Waals surface area contributed by atoms with Gasteiger partial charge in [-0.25, -0.2) is 0 Å². The fraction of sp³-hybridized carbons (Fsp3) is 0.278. The number of aliphatic hydroxyl groups is 2. The molecule has 0 aliphatic heterocycles. The SMILES string of the molecule is COCc1cc(C(=O)NCC(O)CO)ccc1-c1ccc(I)cc1. The molecule has 0 aliphatic carbocycles. The van der Waals surface area contributed by atoms with Gasteiger partial charge in [0, 0.05) is 22.8 Å². The number of hydrogen-bond donors (Lipinski definition) is 3. The molecule has 0 heterocycles. The second kappa shape index (κ2) is 9.12. The fourth-order valence-electron chi connectivity index (χ4n) is 2.30. The zero-order valence-electron chi connectivity index (χ0n) is 13.3. The summed E-state index contributed by atoms with van der Waals surface area (Å²) in [5, 5.41) is 20.7. The lowest BCUT2D eigenvalue weighted by Crippen LogP contribution is -2.33. The highest BCUT2D eigenvalue weighted by atomic mass is 127. The smallest absolute Gasteiger partial charge is 0.251 e. The number of hydrogen-bond acceptors (Lipinski definition) is 4. The van der Waals surface area contributed by atoms with Crippen LogP contribution in [0.2, 0.25) is 0 Å². The summed E-state index contributed by atoms with van der Waals surface area (Å²) in [6.45, 7) is 0.0104. The third-order valence-corrected chi connectivity index (χ3v) is 4.25.